The molecule has 0 spiro atoms. The van der Waals surface area contributed by atoms with Crippen molar-refractivity contribution in [2.75, 3.05) is 10.6 Å². The Morgan fingerprint density at radius 2 is 2.12 bits per heavy atom. The summed E-state index contributed by atoms with van der Waals surface area (Å²) < 4.78 is 0. The van der Waals surface area contributed by atoms with Crippen molar-refractivity contribution in [3.63, 3.8) is 0 Å². The molecule has 0 saturated heterocycles. The summed E-state index contributed by atoms with van der Waals surface area (Å²) >= 11 is 0. The van der Waals surface area contributed by atoms with Gasteiger partial charge < -0.3 is 15.6 Å². The zero-order valence-corrected chi connectivity index (χ0v) is 14.7. The number of anilines is 3. The third-order valence-electron chi connectivity index (χ3n) is 4.92. The van der Waals surface area contributed by atoms with E-state index in [0.29, 0.717) is 30.1 Å². The standard InChI is InChI=1S/C18H22N8/c1-11-10-15(26-25-11)23-17-16-14(7-9-20-16)22-18(24-17)21-13-4-2-12(3-5-13)6-8-19/h7,9-10,12-13,20H,2-6H2,1H3,(H3,21,22,23,24,25,26). The Balaban J connectivity index is 1.52. The SMILES string of the molecule is Cc1cc(Nc2nc(NC3CCC(CC#N)CC3)nc3cc[nH]c23)n[nH]1. The third kappa shape index (κ3) is 3.47. The van der Waals surface area contributed by atoms with Gasteiger partial charge in [0.15, 0.2) is 11.6 Å². The second-order valence-electron chi connectivity index (χ2n) is 6.92. The first-order valence-electron chi connectivity index (χ1n) is 8.99. The second-order valence-corrected chi connectivity index (χ2v) is 6.92. The molecule has 134 valence electrons. The van der Waals surface area contributed by atoms with E-state index in [9.17, 15) is 0 Å². The number of nitriles is 1. The molecule has 26 heavy (non-hydrogen) atoms. The molecule has 8 nitrogen and oxygen atoms in total. The predicted molar refractivity (Wildman–Crippen MR) is 100 cm³/mol. The van der Waals surface area contributed by atoms with Crippen molar-refractivity contribution < 1.29 is 0 Å². The Hall–Kier alpha value is -3.08. The Morgan fingerprint density at radius 3 is 2.85 bits per heavy atom. The minimum Gasteiger partial charge on any atom is -0.357 e. The van der Waals surface area contributed by atoms with Crippen molar-refractivity contribution in [3.8, 4) is 6.07 Å². The normalized spacial score (nSPS) is 20.0. The zero-order valence-electron chi connectivity index (χ0n) is 14.7. The average molecular weight is 350 g/mol. The molecule has 4 rings (SSSR count). The van der Waals surface area contributed by atoms with Crippen LogP contribution in [0.1, 0.15) is 37.8 Å². The average Bonchev–Trinajstić information content (AvgIpc) is 3.26. The first kappa shape index (κ1) is 16.4. The summed E-state index contributed by atoms with van der Waals surface area (Å²) in [5.74, 6) is 2.58. The number of rotatable bonds is 5. The summed E-state index contributed by atoms with van der Waals surface area (Å²) in [6, 6.07) is 6.50. The molecule has 0 bridgehead atoms. The molecule has 4 N–H and O–H groups in total. The van der Waals surface area contributed by atoms with E-state index in [1.54, 1.807) is 0 Å². The molecular weight excluding hydrogens is 328 g/mol. The number of nitrogens with one attached hydrogen (secondary N) is 4. The number of H-pyrrole nitrogens is 2. The van der Waals surface area contributed by atoms with Gasteiger partial charge in [0.25, 0.3) is 0 Å². The van der Waals surface area contributed by atoms with Gasteiger partial charge in [-0.3, -0.25) is 5.10 Å². The highest BCUT2D eigenvalue weighted by Gasteiger charge is 2.22. The first-order chi connectivity index (χ1) is 12.7. The minimum absolute atomic E-state index is 0.349. The Kier molecular flexibility index (Phi) is 4.44. The molecule has 1 fully saturated rings. The van der Waals surface area contributed by atoms with E-state index < -0.39 is 0 Å². The fourth-order valence-corrected chi connectivity index (χ4v) is 3.53. The van der Waals surface area contributed by atoms with Gasteiger partial charge >= 0.3 is 0 Å². The number of hydrogen-bond acceptors (Lipinski definition) is 6. The summed E-state index contributed by atoms with van der Waals surface area (Å²) in [6.07, 6.45) is 6.77. The maximum atomic E-state index is 8.85. The Morgan fingerprint density at radius 1 is 1.27 bits per heavy atom. The molecular formula is C18H22N8. The fourth-order valence-electron chi connectivity index (χ4n) is 3.53. The second kappa shape index (κ2) is 7.04. The number of aromatic amines is 2. The van der Waals surface area contributed by atoms with Crippen molar-refractivity contribution in [1.82, 2.24) is 25.1 Å². The molecule has 0 atom stereocenters. The maximum absolute atomic E-state index is 8.85. The van der Waals surface area contributed by atoms with Gasteiger partial charge in [0.05, 0.1) is 11.6 Å². The van der Waals surface area contributed by atoms with Gasteiger partial charge in [-0.1, -0.05) is 0 Å². The lowest BCUT2D eigenvalue weighted by molar-refractivity contribution is 0.342. The smallest absolute Gasteiger partial charge is 0.225 e. The summed E-state index contributed by atoms with van der Waals surface area (Å²) in [5.41, 5.74) is 2.70. The van der Waals surface area contributed by atoms with Crippen LogP contribution in [0.4, 0.5) is 17.6 Å². The van der Waals surface area contributed by atoms with E-state index in [1.165, 1.54) is 0 Å². The molecule has 1 aliphatic carbocycles. The topological polar surface area (TPSA) is 118 Å². The largest absolute Gasteiger partial charge is 0.357 e. The zero-order chi connectivity index (χ0) is 17.9. The molecule has 3 aromatic heterocycles. The Bertz CT molecular complexity index is 926. The quantitative estimate of drug-likeness (QED) is 0.558. The van der Waals surface area contributed by atoms with Crippen molar-refractivity contribution in [2.24, 2.45) is 5.92 Å². The van der Waals surface area contributed by atoms with Crippen molar-refractivity contribution in [3.05, 3.63) is 24.0 Å². The van der Waals surface area contributed by atoms with Crippen molar-refractivity contribution >= 4 is 28.6 Å². The van der Waals surface area contributed by atoms with Gasteiger partial charge in [-0.05, 0) is 44.6 Å². The van der Waals surface area contributed by atoms with Gasteiger partial charge in [0.2, 0.25) is 5.95 Å². The summed E-state index contributed by atoms with van der Waals surface area (Å²) in [7, 11) is 0. The van der Waals surface area contributed by atoms with Crippen molar-refractivity contribution in [2.45, 2.75) is 45.1 Å². The molecule has 0 unspecified atom stereocenters. The lowest BCUT2D eigenvalue weighted by Gasteiger charge is -2.27. The third-order valence-corrected chi connectivity index (χ3v) is 4.92. The van der Waals surface area contributed by atoms with Crippen LogP contribution in [0.15, 0.2) is 18.3 Å². The molecule has 0 radical (unpaired) electrons. The maximum Gasteiger partial charge on any atom is 0.225 e. The van der Waals surface area contributed by atoms with E-state index in [-0.39, 0.29) is 0 Å². The van der Waals surface area contributed by atoms with E-state index >= 15 is 0 Å². The van der Waals surface area contributed by atoms with Crippen LogP contribution >= 0.6 is 0 Å². The van der Waals surface area contributed by atoms with E-state index in [1.807, 2.05) is 25.3 Å². The van der Waals surface area contributed by atoms with Crippen LogP contribution in [-0.2, 0) is 0 Å². The van der Waals surface area contributed by atoms with Gasteiger partial charge in [-0.2, -0.15) is 15.3 Å². The number of aryl methyl sites for hydroxylation is 1. The van der Waals surface area contributed by atoms with Gasteiger partial charge in [0, 0.05) is 30.4 Å². The molecule has 3 aromatic rings. The summed E-state index contributed by atoms with van der Waals surface area (Å²) in [5, 5.41) is 22.7. The number of aromatic nitrogens is 5. The molecule has 1 saturated carbocycles. The van der Waals surface area contributed by atoms with E-state index in [4.69, 9.17) is 5.26 Å². The number of nitrogens with zero attached hydrogens (tertiary/aromatic N) is 4. The lowest BCUT2D eigenvalue weighted by atomic mass is 9.84. The highest BCUT2D eigenvalue weighted by molar-refractivity contribution is 5.88. The van der Waals surface area contributed by atoms with Gasteiger partial charge in [-0.15, -0.1) is 0 Å². The molecule has 0 aromatic carbocycles. The van der Waals surface area contributed by atoms with E-state index in [2.05, 4.69) is 41.9 Å². The first-order valence-corrected chi connectivity index (χ1v) is 8.99. The molecule has 0 aliphatic heterocycles. The molecule has 3 heterocycles. The van der Waals surface area contributed by atoms with Crippen LogP contribution in [0.25, 0.3) is 11.0 Å². The lowest BCUT2D eigenvalue weighted by Crippen LogP contribution is -2.27. The molecule has 8 heteroatoms. The fraction of sp³-hybridized carbons (Fsp3) is 0.444. The van der Waals surface area contributed by atoms with Gasteiger partial charge in [0.1, 0.15) is 5.52 Å². The predicted octanol–water partition coefficient (Wildman–Crippen LogP) is 3.62. The van der Waals surface area contributed by atoms with Crippen LogP contribution < -0.4 is 10.6 Å². The summed E-state index contributed by atoms with van der Waals surface area (Å²) in [4.78, 5) is 12.5. The molecule has 0 amide bonds. The van der Waals surface area contributed by atoms with Gasteiger partial charge in [-0.25, -0.2) is 4.98 Å². The Labute approximate surface area is 151 Å². The number of fused-ring (bicyclic) bond motifs is 1. The van der Waals surface area contributed by atoms with Crippen LogP contribution in [0.2, 0.25) is 0 Å². The molecule has 1 aliphatic rings. The number of hydrogen-bond donors (Lipinski definition) is 4. The van der Waals surface area contributed by atoms with Crippen molar-refractivity contribution in [1.29, 1.82) is 5.26 Å². The highest BCUT2D eigenvalue weighted by atomic mass is 15.2. The van der Waals surface area contributed by atoms with Crippen LogP contribution in [0, 0.1) is 24.2 Å². The summed E-state index contributed by atoms with van der Waals surface area (Å²) in [6.45, 7) is 1.96. The minimum atomic E-state index is 0.349. The monoisotopic (exact) mass is 350 g/mol. The van der Waals surface area contributed by atoms with Crippen LogP contribution in [0.3, 0.4) is 0 Å². The van der Waals surface area contributed by atoms with Crippen LogP contribution in [-0.4, -0.2) is 31.2 Å². The highest BCUT2D eigenvalue weighted by Crippen LogP contribution is 2.29. The van der Waals surface area contributed by atoms with Crippen LogP contribution in [0.5, 0.6) is 0 Å². The van der Waals surface area contributed by atoms with E-state index in [0.717, 1.165) is 48.2 Å².